The molecule has 2 aromatic heterocycles. The maximum atomic E-state index is 12.6. The quantitative estimate of drug-likeness (QED) is 0.155. The number of aryl methyl sites for hydroxylation is 1. The van der Waals surface area contributed by atoms with Gasteiger partial charge in [0.2, 0.25) is 11.8 Å². The van der Waals surface area contributed by atoms with Gasteiger partial charge in [0.05, 0.1) is 38.5 Å². The first-order chi connectivity index (χ1) is 18.9. The first kappa shape index (κ1) is 27.7. The first-order valence-corrected chi connectivity index (χ1v) is 15.9. The predicted octanol–water partition coefficient (Wildman–Crippen LogP) is 7.73. The lowest BCUT2D eigenvalue weighted by atomic mass is 10.2. The SMILES string of the molecule is CCOc1ccc2nc(SCC(=O)Nc3ccc4nc(SCC(=O)Nc5ccc(C)c(Cl)c5)sc4c3)sc2c1. The van der Waals surface area contributed by atoms with Crippen molar-refractivity contribution < 1.29 is 14.3 Å². The molecule has 12 heteroatoms. The molecule has 0 fully saturated rings. The van der Waals surface area contributed by atoms with Gasteiger partial charge in [-0.25, -0.2) is 9.97 Å². The minimum Gasteiger partial charge on any atom is -0.494 e. The van der Waals surface area contributed by atoms with E-state index in [9.17, 15) is 9.59 Å². The molecule has 0 aliphatic heterocycles. The lowest BCUT2D eigenvalue weighted by Gasteiger charge is -2.06. The molecular formula is C27H23ClN4O3S4. The smallest absolute Gasteiger partial charge is 0.234 e. The number of benzene rings is 3. The summed E-state index contributed by atoms with van der Waals surface area (Å²) in [5.41, 5.74) is 4.04. The minimum atomic E-state index is -0.132. The van der Waals surface area contributed by atoms with Gasteiger partial charge in [0.1, 0.15) is 5.75 Å². The van der Waals surface area contributed by atoms with Crippen molar-refractivity contribution in [2.45, 2.75) is 22.5 Å². The number of nitrogens with zero attached hydrogens (tertiary/aromatic N) is 2. The third kappa shape index (κ3) is 7.23. The lowest BCUT2D eigenvalue weighted by Crippen LogP contribution is -2.13. The second kappa shape index (κ2) is 12.6. The number of nitrogens with one attached hydrogen (secondary N) is 2. The fourth-order valence-electron chi connectivity index (χ4n) is 3.56. The summed E-state index contributed by atoms with van der Waals surface area (Å²) in [6, 6.07) is 16.9. The van der Waals surface area contributed by atoms with E-state index in [1.54, 1.807) is 17.4 Å². The molecule has 5 rings (SSSR count). The van der Waals surface area contributed by atoms with Crippen LogP contribution in [-0.2, 0) is 9.59 Å². The van der Waals surface area contributed by atoms with Crippen LogP contribution in [0.5, 0.6) is 5.75 Å². The maximum Gasteiger partial charge on any atom is 0.234 e. The monoisotopic (exact) mass is 614 g/mol. The van der Waals surface area contributed by atoms with Crippen LogP contribution in [0.2, 0.25) is 5.02 Å². The van der Waals surface area contributed by atoms with Crippen LogP contribution in [-0.4, -0.2) is 39.9 Å². The standard InChI is InChI=1S/C27H23ClN4O3S4/c1-3-35-18-7-9-21-23(12-18)39-27(32-21)37-14-25(34)30-17-6-8-20-22(11-17)38-26(31-20)36-13-24(33)29-16-5-4-15(2)19(28)10-16/h4-12H,3,13-14H2,1-2H3,(H,29,33)(H,30,34). The van der Waals surface area contributed by atoms with Gasteiger partial charge >= 0.3 is 0 Å². The zero-order chi connectivity index (χ0) is 27.4. The van der Waals surface area contributed by atoms with Crippen LogP contribution in [0, 0.1) is 6.92 Å². The van der Waals surface area contributed by atoms with Crippen molar-refractivity contribution in [1.82, 2.24) is 9.97 Å². The Morgan fingerprint density at radius 1 is 0.846 bits per heavy atom. The summed E-state index contributed by atoms with van der Waals surface area (Å²) >= 11 is 11.9. The number of hydrogen-bond acceptors (Lipinski definition) is 9. The zero-order valence-corrected chi connectivity index (χ0v) is 25.0. The Kier molecular flexibility index (Phi) is 8.93. The van der Waals surface area contributed by atoms with Crippen molar-refractivity contribution >= 4 is 101 Å². The highest BCUT2D eigenvalue weighted by Crippen LogP contribution is 2.33. The van der Waals surface area contributed by atoms with Crippen LogP contribution in [0.15, 0.2) is 63.3 Å². The van der Waals surface area contributed by atoms with Gasteiger partial charge in [-0.3, -0.25) is 9.59 Å². The van der Waals surface area contributed by atoms with Gasteiger partial charge in [-0.1, -0.05) is 41.2 Å². The van der Waals surface area contributed by atoms with Gasteiger partial charge in [-0.05, 0) is 67.9 Å². The Bertz CT molecular complexity index is 1670. The summed E-state index contributed by atoms with van der Waals surface area (Å²) in [4.78, 5) is 34.2. The Labute approximate surface area is 246 Å². The van der Waals surface area contributed by atoms with Gasteiger partial charge in [0.15, 0.2) is 8.68 Å². The van der Waals surface area contributed by atoms with E-state index < -0.39 is 0 Å². The van der Waals surface area contributed by atoms with Gasteiger partial charge in [0.25, 0.3) is 0 Å². The van der Waals surface area contributed by atoms with Gasteiger partial charge in [-0.15, -0.1) is 22.7 Å². The second-order valence-corrected chi connectivity index (χ2v) is 13.3. The second-order valence-electron chi connectivity index (χ2n) is 8.34. The summed E-state index contributed by atoms with van der Waals surface area (Å²) < 4.78 is 9.14. The highest BCUT2D eigenvalue weighted by molar-refractivity contribution is 8.02. The van der Waals surface area contributed by atoms with E-state index in [1.807, 2.05) is 62.4 Å². The number of thioether (sulfide) groups is 2. The fourth-order valence-corrected chi connectivity index (χ4v) is 7.55. The van der Waals surface area contributed by atoms with Crippen LogP contribution in [0.4, 0.5) is 11.4 Å². The van der Waals surface area contributed by atoms with Crippen LogP contribution in [0.25, 0.3) is 20.4 Å². The zero-order valence-electron chi connectivity index (χ0n) is 20.9. The Balaban J connectivity index is 1.14. The number of ether oxygens (including phenoxy) is 1. The summed E-state index contributed by atoms with van der Waals surface area (Å²) in [7, 11) is 0. The number of carbonyl (C=O) groups is 2. The third-order valence-corrected chi connectivity index (χ3v) is 10.1. The van der Waals surface area contributed by atoms with Crippen LogP contribution >= 0.6 is 57.8 Å². The van der Waals surface area contributed by atoms with Crippen LogP contribution in [0.3, 0.4) is 0 Å². The van der Waals surface area contributed by atoms with Crippen molar-refractivity contribution in [2.24, 2.45) is 0 Å². The van der Waals surface area contributed by atoms with E-state index in [1.165, 1.54) is 34.9 Å². The molecule has 0 radical (unpaired) electrons. The summed E-state index contributed by atoms with van der Waals surface area (Å²) in [5.74, 6) is 1.05. The molecule has 2 amide bonds. The molecule has 5 aromatic rings. The van der Waals surface area contributed by atoms with E-state index in [0.717, 1.165) is 40.4 Å². The summed E-state index contributed by atoms with van der Waals surface area (Å²) in [5, 5.41) is 6.42. The molecule has 3 aromatic carbocycles. The molecule has 2 N–H and O–H groups in total. The molecule has 0 aliphatic carbocycles. The first-order valence-electron chi connectivity index (χ1n) is 11.9. The predicted molar refractivity (Wildman–Crippen MR) is 165 cm³/mol. The van der Waals surface area contributed by atoms with Gasteiger partial charge < -0.3 is 15.4 Å². The topological polar surface area (TPSA) is 93.2 Å². The summed E-state index contributed by atoms with van der Waals surface area (Å²) in [6.07, 6.45) is 0. The maximum absolute atomic E-state index is 12.6. The molecule has 200 valence electrons. The third-order valence-electron chi connectivity index (χ3n) is 5.41. The molecule has 0 atom stereocenters. The number of aromatic nitrogens is 2. The highest BCUT2D eigenvalue weighted by Gasteiger charge is 2.12. The van der Waals surface area contributed by atoms with E-state index in [2.05, 4.69) is 20.6 Å². The normalized spacial score (nSPS) is 11.2. The molecule has 7 nitrogen and oxygen atoms in total. The van der Waals surface area contributed by atoms with E-state index in [4.69, 9.17) is 16.3 Å². The minimum absolute atomic E-state index is 0.111. The van der Waals surface area contributed by atoms with Crippen molar-refractivity contribution in [2.75, 3.05) is 28.7 Å². The van der Waals surface area contributed by atoms with Crippen molar-refractivity contribution in [3.05, 3.63) is 65.2 Å². The Hall–Kier alpha value is -2.83. The number of hydrogen-bond donors (Lipinski definition) is 2. The van der Waals surface area contributed by atoms with Crippen molar-refractivity contribution in [3.63, 3.8) is 0 Å². The average Bonchev–Trinajstić information content (AvgIpc) is 3.51. The molecule has 39 heavy (non-hydrogen) atoms. The Morgan fingerprint density at radius 3 is 2.03 bits per heavy atom. The van der Waals surface area contributed by atoms with Gasteiger partial charge in [-0.2, -0.15) is 0 Å². The Morgan fingerprint density at radius 2 is 1.41 bits per heavy atom. The van der Waals surface area contributed by atoms with E-state index in [-0.39, 0.29) is 23.3 Å². The van der Waals surface area contributed by atoms with Crippen molar-refractivity contribution in [3.8, 4) is 5.75 Å². The van der Waals surface area contributed by atoms with Crippen LogP contribution < -0.4 is 15.4 Å². The molecule has 0 aliphatic rings. The summed E-state index contributed by atoms with van der Waals surface area (Å²) in [6.45, 7) is 4.48. The largest absolute Gasteiger partial charge is 0.494 e. The molecule has 0 saturated carbocycles. The molecule has 0 saturated heterocycles. The van der Waals surface area contributed by atoms with Crippen LogP contribution in [0.1, 0.15) is 12.5 Å². The number of thiazole rings is 2. The number of fused-ring (bicyclic) bond motifs is 2. The number of amides is 2. The molecular weight excluding hydrogens is 592 g/mol. The van der Waals surface area contributed by atoms with Gasteiger partial charge in [0, 0.05) is 16.4 Å². The number of rotatable bonds is 10. The molecule has 0 bridgehead atoms. The molecule has 0 spiro atoms. The van der Waals surface area contributed by atoms with E-state index >= 15 is 0 Å². The lowest BCUT2D eigenvalue weighted by molar-refractivity contribution is -0.114. The molecule has 2 heterocycles. The number of anilines is 2. The highest BCUT2D eigenvalue weighted by atomic mass is 35.5. The number of carbonyl (C=O) groups excluding carboxylic acids is 2. The molecule has 0 unspecified atom stereocenters. The average molecular weight is 615 g/mol. The van der Waals surface area contributed by atoms with E-state index in [0.29, 0.717) is 23.0 Å². The number of halogens is 1. The van der Waals surface area contributed by atoms with Crippen molar-refractivity contribution in [1.29, 1.82) is 0 Å². The fraction of sp³-hybridized carbons (Fsp3) is 0.185.